The van der Waals surface area contributed by atoms with E-state index in [2.05, 4.69) is 47.1 Å². The van der Waals surface area contributed by atoms with E-state index in [1.165, 1.54) is 205 Å². The van der Waals surface area contributed by atoms with Crippen molar-refractivity contribution < 1.29 is 38.1 Å². The summed E-state index contributed by atoms with van der Waals surface area (Å²) in [5.74, 6) is 0. The van der Waals surface area contributed by atoms with Crippen molar-refractivity contribution in [1.82, 2.24) is 0 Å². The van der Waals surface area contributed by atoms with Gasteiger partial charge in [0.05, 0.1) is 19.8 Å². The van der Waals surface area contributed by atoms with Crippen molar-refractivity contribution in [2.45, 2.75) is 302 Å². The molecule has 0 heterocycles. The van der Waals surface area contributed by atoms with Gasteiger partial charge < -0.3 is 18.9 Å². The maximum absolute atomic E-state index is 10.3. The van der Waals surface area contributed by atoms with E-state index < -0.39 is 21.7 Å². The average molecular weight is 1080 g/mol. The first-order valence-electron chi connectivity index (χ1n) is 28.1. The highest BCUT2D eigenvalue weighted by molar-refractivity contribution is 6.61. The predicted octanol–water partition coefficient (Wildman–Crippen LogP) is 22.4. The van der Waals surface area contributed by atoms with Gasteiger partial charge in [-0.3, -0.25) is 0 Å². The van der Waals surface area contributed by atoms with Gasteiger partial charge in [0, 0.05) is 58.2 Å². The zero-order valence-corrected chi connectivity index (χ0v) is 48.1. The number of carbonyl (C=O) groups is 4. The van der Waals surface area contributed by atoms with Crippen molar-refractivity contribution >= 4 is 79.7 Å². The fourth-order valence-electron chi connectivity index (χ4n) is 8.02. The Morgan fingerprint density at radius 3 is 0.884 bits per heavy atom. The number of halogens is 5. The van der Waals surface area contributed by atoms with E-state index in [0.29, 0.717) is 19.8 Å². The van der Waals surface area contributed by atoms with E-state index in [-0.39, 0.29) is 11.5 Å². The summed E-state index contributed by atoms with van der Waals surface area (Å²) in [7, 11) is 0. The van der Waals surface area contributed by atoms with Gasteiger partial charge in [-0.2, -0.15) is 0 Å². The van der Waals surface area contributed by atoms with Gasteiger partial charge in [-0.1, -0.05) is 232 Å². The van der Waals surface area contributed by atoms with Gasteiger partial charge in [0.2, 0.25) is 0 Å². The first-order chi connectivity index (χ1) is 33.5. The lowest BCUT2D eigenvalue weighted by molar-refractivity contribution is 0.0966. The van der Waals surface area contributed by atoms with E-state index in [1.807, 2.05) is 0 Å². The molecule has 1 aliphatic rings. The minimum absolute atomic E-state index is 0.0590. The van der Waals surface area contributed by atoms with Gasteiger partial charge in [-0.05, 0) is 64.2 Å². The SMILES string of the molecule is CCCCCCCCC=CCCCCCCCCOC(=O)Cl.CCCCCCCCCCCCCCCCCCOC(=O)Cl.CCCCCCCCCCOC(=O)Cl.O=C(Cl)OC1CCCC(Cl)C1. The molecule has 0 aromatic rings. The van der Waals surface area contributed by atoms with Crippen LogP contribution in [0, 0.1) is 0 Å². The molecule has 2 unspecified atom stereocenters. The van der Waals surface area contributed by atoms with Crippen LogP contribution in [0.1, 0.15) is 290 Å². The maximum atomic E-state index is 10.3. The summed E-state index contributed by atoms with van der Waals surface area (Å²) in [6.45, 7) is 8.17. The molecule has 1 aliphatic carbocycles. The number of allylic oxidation sites excluding steroid dienone is 2. The van der Waals surface area contributed by atoms with Crippen molar-refractivity contribution in [2.75, 3.05) is 19.8 Å². The maximum Gasteiger partial charge on any atom is 0.404 e. The number of unbranched alkanes of at least 4 members (excludes halogenated alkanes) is 34. The van der Waals surface area contributed by atoms with Crippen LogP contribution >= 0.6 is 58.0 Å². The molecule has 1 rings (SSSR count). The Labute approximate surface area is 449 Å². The van der Waals surface area contributed by atoms with Crippen molar-refractivity contribution in [3.05, 3.63) is 12.2 Å². The normalized spacial score (nSPS) is 14.1. The Hall–Kier alpha value is -0.930. The molecule has 0 aliphatic heterocycles. The van der Waals surface area contributed by atoms with Gasteiger partial charge in [0.15, 0.2) is 0 Å². The van der Waals surface area contributed by atoms with E-state index in [4.69, 9.17) is 62.7 Å². The molecule has 1 fully saturated rings. The minimum Gasteiger partial charge on any atom is -0.454 e. The average Bonchev–Trinajstić information content (AvgIpc) is 3.30. The summed E-state index contributed by atoms with van der Waals surface area (Å²) in [6.07, 6.45) is 57.8. The van der Waals surface area contributed by atoms with Crippen LogP contribution in [0.25, 0.3) is 0 Å². The highest BCUT2D eigenvalue weighted by atomic mass is 35.5. The lowest BCUT2D eigenvalue weighted by atomic mass is 9.97. The second-order valence-corrected chi connectivity index (χ2v) is 20.6. The number of ether oxygens (including phenoxy) is 4. The molecule has 8 nitrogen and oxygen atoms in total. The monoisotopic (exact) mass is 1080 g/mol. The lowest BCUT2D eigenvalue weighted by Crippen LogP contribution is -2.23. The van der Waals surface area contributed by atoms with Gasteiger partial charge in [0.1, 0.15) is 6.10 Å². The molecule has 0 N–H and O–H groups in total. The van der Waals surface area contributed by atoms with Crippen molar-refractivity contribution in [2.24, 2.45) is 0 Å². The summed E-state index contributed by atoms with van der Waals surface area (Å²) >= 11 is 26.1. The van der Waals surface area contributed by atoms with Crippen molar-refractivity contribution in [3.63, 3.8) is 0 Å². The molecular weight excluding hydrogens is 978 g/mol. The standard InChI is InChI=1S/C19H37ClO2.C19H35ClO2.C11H21ClO2.C7H10Cl2O2/c2*1-2-3-4-5-6-7-8-9-10-11-12-13-14-15-16-17-18-22-19(20)21;1-2-3-4-5-6-7-8-9-10-14-11(12)13;8-5-2-1-3-6(4-5)11-7(9)10/h2-18H2,1H3;9-10H,2-8,11-18H2,1H3;2-10H2,1H3;5-6H,1-4H2. The molecule has 410 valence electrons. The Kier molecular flexibility index (Phi) is 66.2. The molecule has 0 bridgehead atoms. The highest BCUT2D eigenvalue weighted by Crippen LogP contribution is 2.25. The van der Waals surface area contributed by atoms with Crippen molar-refractivity contribution in [3.8, 4) is 0 Å². The number of hydrogen-bond acceptors (Lipinski definition) is 8. The molecule has 0 saturated heterocycles. The third-order valence-electron chi connectivity index (χ3n) is 12.1. The number of hydrogen-bond donors (Lipinski definition) is 0. The van der Waals surface area contributed by atoms with Gasteiger partial charge >= 0.3 is 21.7 Å². The van der Waals surface area contributed by atoms with Crippen molar-refractivity contribution in [1.29, 1.82) is 0 Å². The van der Waals surface area contributed by atoms with Crippen LogP contribution in [-0.4, -0.2) is 53.0 Å². The minimum atomic E-state index is -0.722. The largest absolute Gasteiger partial charge is 0.454 e. The molecule has 0 spiro atoms. The van der Waals surface area contributed by atoms with E-state index in [9.17, 15) is 19.2 Å². The molecule has 0 amide bonds. The van der Waals surface area contributed by atoms with Crippen LogP contribution in [0.3, 0.4) is 0 Å². The lowest BCUT2D eigenvalue weighted by Gasteiger charge is -2.23. The predicted molar refractivity (Wildman–Crippen MR) is 297 cm³/mol. The second kappa shape index (κ2) is 63.2. The third kappa shape index (κ3) is 73.7. The summed E-state index contributed by atoms with van der Waals surface area (Å²) < 4.78 is 18.8. The Bertz CT molecular complexity index is 1110. The van der Waals surface area contributed by atoms with Crippen LogP contribution in [0.15, 0.2) is 12.2 Å². The second-order valence-electron chi connectivity index (χ2n) is 18.7. The Morgan fingerprint density at radius 2 is 0.638 bits per heavy atom. The molecule has 13 heteroatoms. The van der Waals surface area contributed by atoms with E-state index in [0.717, 1.165) is 64.2 Å². The number of rotatable bonds is 43. The quantitative estimate of drug-likeness (QED) is 0.0195. The summed E-state index contributed by atoms with van der Waals surface area (Å²) in [5.41, 5.74) is -2.78. The zero-order chi connectivity index (χ0) is 51.5. The summed E-state index contributed by atoms with van der Waals surface area (Å²) in [5, 5.41) is 0.143. The van der Waals surface area contributed by atoms with E-state index >= 15 is 0 Å². The third-order valence-corrected chi connectivity index (χ3v) is 12.9. The molecule has 0 aromatic carbocycles. The Balaban J connectivity index is -0.000000871. The number of alkyl halides is 1. The van der Waals surface area contributed by atoms with Crippen LogP contribution in [-0.2, 0) is 18.9 Å². The fraction of sp³-hybridized carbons (Fsp3) is 0.893. The molecule has 0 radical (unpaired) electrons. The molecular formula is C56H103Cl5O8. The molecule has 0 aromatic heterocycles. The van der Waals surface area contributed by atoms with E-state index in [1.54, 1.807) is 0 Å². The highest BCUT2D eigenvalue weighted by Gasteiger charge is 2.22. The van der Waals surface area contributed by atoms with Crippen LogP contribution < -0.4 is 0 Å². The first kappa shape index (κ1) is 72.3. The van der Waals surface area contributed by atoms with Gasteiger partial charge in [0.25, 0.3) is 0 Å². The summed E-state index contributed by atoms with van der Waals surface area (Å²) in [6, 6.07) is 0. The van der Waals surface area contributed by atoms with Gasteiger partial charge in [-0.15, -0.1) is 11.6 Å². The first-order valence-corrected chi connectivity index (χ1v) is 30.1. The van der Waals surface area contributed by atoms with Gasteiger partial charge in [-0.25, -0.2) is 19.2 Å². The summed E-state index contributed by atoms with van der Waals surface area (Å²) in [4.78, 5) is 41.2. The topological polar surface area (TPSA) is 105 Å². The zero-order valence-electron chi connectivity index (χ0n) is 44.3. The van der Waals surface area contributed by atoms with Crippen LogP contribution in [0.4, 0.5) is 19.2 Å². The number of carbonyl (C=O) groups excluding carboxylic acids is 4. The molecule has 1 saturated carbocycles. The molecule has 2 atom stereocenters. The smallest absolute Gasteiger partial charge is 0.404 e. The fourth-order valence-corrected chi connectivity index (χ4v) is 8.73. The molecule has 69 heavy (non-hydrogen) atoms. The van der Waals surface area contributed by atoms with Crippen LogP contribution in [0.2, 0.25) is 0 Å². The van der Waals surface area contributed by atoms with Crippen LogP contribution in [0.5, 0.6) is 0 Å². The Morgan fingerprint density at radius 1 is 0.377 bits per heavy atom.